The Bertz CT molecular complexity index is 684. The Hall–Kier alpha value is -2.20. The molecule has 4 heteroatoms. The van der Waals surface area contributed by atoms with Crippen LogP contribution in [0.4, 0.5) is 0 Å². The summed E-state index contributed by atoms with van der Waals surface area (Å²) in [6.45, 7) is 3.77. The molecule has 3 rings (SSSR count). The Morgan fingerprint density at radius 3 is 2.70 bits per heavy atom. The second kappa shape index (κ2) is 6.92. The Morgan fingerprint density at radius 2 is 1.91 bits per heavy atom. The Balaban J connectivity index is 1.66. The van der Waals surface area contributed by atoms with Crippen molar-refractivity contribution < 1.29 is 14.2 Å². The fourth-order valence-corrected chi connectivity index (χ4v) is 2.86. The highest BCUT2D eigenvalue weighted by molar-refractivity contribution is 5.44. The second-order valence-corrected chi connectivity index (χ2v) is 5.76. The summed E-state index contributed by atoms with van der Waals surface area (Å²) < 4.78 is 16.2. The molecule has 2 aromatic rings. The van der Waals surface area contributed by atoms with Crippen LogP contribution < -0.4 is 19.5 Å². The molecular weight excluding hydrogens is 290 g/mol. The average molecular weight is 313 g/mol. The molecule has 0 bridgehead atoms. The van der Waals surface area contributed by atoms with Crippen LogP contribution in [0.3, 0.4) is 0 Å². The molecule has 1 aliphatic rings. The van der Waals surface area contributed by atoms with E-state index >= 15 is 0 Å². The van der Waals surface area contributed by atoms with Gasteiger partial charge in [-0.3, -0.25) is 0 Å². The Kier molecular flexibility index (Phi) is 4.72. The third-order valence-electron chi connectivity index (χ3n) is 4.27. The van der Waals surface area contributed by atoms with Gasteiger partial charge in [0.25, 0.3) is 0 Å². The molecule has 1 atom stereocenters. The zero-order valence-corrected chi connectivity index (χ0v) is 13.9. The number of methoxy groups -OCH3 is 2. The van der Waals surface area contributed by atoms with Crippen molar-refractivity contribution >= 4 is 0 Å². The van der Waals surface area contributed by atoms with Crippen molar-refractivity contribution in [2.45, 2.75) is 25.9 Å². The third-order valence-corrected chi connectivity index (χ3v) is 4.27. The molecule has 23 heavy (non-hydrogen) atoms. The number of fused-ring (bicyclic) bond motifs is 1. The standard InChI is InChI=1S/C19H23NO3/c1-13(15-5-7-18(21-2)19(11-15)22-3)20-12-14-4-6-17-16(10-14)8-9-23-17/h4-7,10-11,13,20H,8-9,12H2,1-3H3. The van der Waals surface area contributed by atoms with Gasteiger partial charge in [-0.25, -0.2) is 0 Å². The lowest BCUT2D eigenvalue weighted by molar-refractivity contribution is 0.354. The van der Waals surface area contributed by atoms with E-state index in [0.29, 0.717) is 0 Å². The van der Waals surface area contributed by atoms with Gasteiger partial charge in [0, 0.05) is 19.0 Å². The predicted octanol–water partition coefficient (Wildman–Crippen LogP) is 3.49. The Morgan fingerprint density at radius 1 is 1.09 bits per heavy atom. The molecule has 1 heterocycles. The lowest BCUT2D eigenvalue weighted by Gasteiger charge is -2.17. The van der Waals surface area contributed by atoms with Gasteiger partial charge in [-0.15, -0.1) is 0 Å². The maximum absolute atomic E-state index is 5.55. The molecular formula is C19H23NO3. The number of hydrogen-bond donors (Lipinski definition) is 1. The topological polar surface area (TPSA) is 39.7 Å². The van der Waals surface area contributed by atoms with Crippen molar-refractivity contribution in [2.24, 2.45) is 0 Å². The lowest BCUT2D eigenvalue weighted by atomic mass is 10.1. The number of benzene rings is 2. The molecule has 4 nitrogen and oxygen atoms in total. The average Bonchev–Trinajstić information content (AvgIpc) is 3.06. The molecule has 0 aromatic heterocycles. The van der Waals surface area contributed by atoms with Crippen molar-refractivity contribution in [3.8, 4) is 17.2 Å². The van der Waals surface area contributed by atoms with Gasteiger partial charge in [0.2, 0.25) is 0 Å². The minimum Gasteiger partial charge on any atom is -0.493 e. The molecule has 1 unspecified atom stereocenters. The summed E-state index contributed by atoms with van der Waals surface area (Å²) in [5.41, 5.74) is 3.76. The molecule has 0 amide bonds. The first-order chi connectivity index (χ1) is 11.2. The van der Waals surface area contributed by atoms with Gasteiger partial charge in [0.05, 0.1) is 20.8 Å². The minimum absolute atomic E-state index is 0.222. The van der Waals surface area contributed by atoms with Gasteiger partial charge in [0.15, 0.2) is 11.5 Å². The monoisotopic (exact) mass is 313 g/mol. The van der Waals surface area contributed by atoms with Crippen molar-refractivity contribution in [2.75, 3.05) is 20.8 Å². The first kappa shape index (κ1) is 15.7. The second-order valence-electron chi connectivity index (χ2n) is 5.76. The van der Waals surface area contributed by atoms with Crippen LogP contribution in [0.2, 0.25) is 0 Å². The van der Waals surface area contributed by atoms with Gasteiger partial charge in [-0.2, -0.15) is 0 Å². The van der Waals surface area contributed by atoms with Crippen molar-refractivity contribution in [3.05, 3.63) is 53.1 Å². The summed E-state index contributed by atoms with van der Waals surface area (Å²) in [7, 11) is 3.31. The van der Waals surface area contributed by atoms with Gasteiger partial charge in [-0.05, 0) is 41.8 Å². The van der Waals surface area contributed by atoms with Crippen LogP contribution >= 0.6 is 0 Å². The maximum Gasteiger partial charge on any atom is 0.161 e. The highest BCUT2D eigenvalue weighted by Crippen LogP contribution is 2.30. The van der Waals surface area contributed by atoms with Gasteiger partial charge < -0.3 is 19.5 Å². The van der Waals surface area contributed by atoms with Gasteiger partial charge >= 0.3 is 0 Å². The van der Waals surface area contributed by atoms with E-state index in [4.69, 9.17) is 14.2 Å². The summed E-state index contributed by atoms with van der Waals surface area (Å²) in [5.74, 6) is 2.54. The number of nitrogens with one attached hydrogen (secondary N) is 1. The molecule has 1 N–H and O–H groups in total. The fourth-order valence-electron chi connectivity index (χ4n) is 2.86. The molecule has 0 saturated carbocycles. The summed E-state index contributed by atoms with van der Waals surface area (Å²) in [5, 5.41) is 3.56. The van der Waals surface area contributed by atoms with E-state index in [0.717, 1.165) is 36.8 Å². The molecule has 2 aromatic carbocycles. The maximum atomic E-state index is 5.55. The summed E-state index contributed by atoms with van der Waals surface area (Å²) in [6, 6.07) is 12.7. The van der Waals surface area contributed by atoms with Crippen molar-refractivity contribution in [1.82, 2.24) is 5.32 Å². The van der Waals surface area contributed by atoms with Crippen LogP contribution in [-0.2, 0) is 13.0 Å². The van der Waals surface area contributed by atoms with Crippen LogP contribution in [0.15, 0.2) is 36.4 Å². The van der Waals surface area contributed by atoms with Crippen LogP contribution in [0, 0.1) is 0 Å². The fraction of sp³-hybridized carbons (Fsp3) is 0.368. The summed E-state index contributed by atoms with van der Waals surface area (Å²) in [4.78, 5) is 0. The lowest BCUT2D eigenvalue weighted by Crippen LogP contribution is -2.18. The van der Waals surface area contributed by atoms with Gasteiger partial charge in [-0.1, -0.05) is 18.2 Å². The number of ether oxygens (including phenoxy) is 3. The molecule has 0 fully saturated rings. The highest BCUT2D eigenvalue weighted by atomic mass is 16.5. The van der Waals surface area contributed by atoms with E-state index in [9.17, 15) is 0 Å². The first-order valence-electron chi connectivity index (χ1n) is 7.91. The van der Waals surface area contributed by atoms with Crippen LogP contribution in [0.1, 0.15) is 29.7 Å². The SMILES string of the molecule is COc1ccc(C(C)NCc2ccc3c(c2)CCO3)cc1OC. The Labute approximate surface area is 137 Å². The van der Waals surface area contributed by atoms with E-state index in [2.05, 4.69) is 36.5 Å². The number of hydrogen-bond acceptors (Lipinski definition) is 4. The smallest absolute Gasteiger partial charge is 0.161 e. The van der Waals surface area contributed by atoms with E-state index in [1.807, 2.05) is 12.1 Å². The molecule has 0 aliphatic carbocycles. The molecule has 1 aliphatic heterocycles. The largest absolute Gasteiger partial charge is 0.493 e. The zero-order valence-electron chi connectivity index (χ0n) is 13.9. The van der Waals surface area contributed by atoms with E-state index < -0.39 is 0 Å². The van der Waals surface area contributed by atoms with E-state index in [1.54, 1.807) is 14.2 Å². The quantitative estimate of drug-likeness (QED) is 0.886. The minimum atomic E-state index is 0.222. The van der Waals surface area contributed by atoms with Gasteiger partial charge in [0.1, 0.15) is 5.75 Å². The highest BCUT2D eigenvalue weighted by Gasteiger charge is 2.13. The third kappa shape index (κ3) is 3.42. The van der Waals surface area contributed by atoms with E-state index in [-0.39, 0.29) is 6.04 Å². The van der Waals surface area contributed by atoms with Crippen LogP contribution in [0.5, 0.6) is 17.2 Å². The zero-order chi connectivity index (χ0) is 16.2. The predicted molar refractivity (Wildman–Crippen MR) is 90.4 cm³/mol. The molecule has 0 spiro atoms. The first-order valence-corrected chi connectivity index (χ1v) is 7.91. The molecule has 0 saturated heterocycles. The summed E-state index contributed by atoms with van der Waals surface area (Å²) >= 11 is 0. The normalized spacial score (nSPS) is 14.0. The number of rotatable bonds is 6. The van der Waals surface area contributed by atoms with Crippen molar-refractivity contribution in [3.63, 3.8) is 0 Å². The van der Waals surface area contributed by atoms with Crippen LogP contribution in [-0.4, -0.2) is 20.8 Å². The van der Waals surface area contributed by atoms with E-state index in [1.165, 1.54) is 16.7 Å². The molecule has 122 valence electrons. The van der Waals surface area contributed by atoms with Crippen LogP contribution in [0.25, 0.3) is 0 Å². The molecule has 0 radical (unpaired) electrons. The summed E-state index contributed by atoms with van der Waals surface area (Å²) in [6.07, 6.45) is 1.01. The van der Waals surface area contributed by atoms with Crippen molar-refractivity contribution in [1.29, 1.82) is 0 Å².